The summed E-state index contributed by atoms with van der Waals surface area (Å²) in [4.78, 5) is 0. The number of hydrogen-bond donors (Lipinski definition) is 1. The Morgan fingerprint density at radius 3 is 3.00 bits per heavy atom. The van der Waals surface area contributed by atoms with Gasteiger partial charge in [-0.05, 0) is 24.6 Å². The average Bonchev–Trinajstić information content (AvgIpc) is 2.85. The molecule has 1 atom stereocenters. The molecule has 1 heterocycles. The second-order valence-electron chi connectivity index (χ2n) is 5.00. The second-order valence-corrected chi connectivity index (χ2v) is 5.00. The SMILES string of the molecule is Cc1cc(OCC2COc3ccccc32)c(F)cc1N. The van der Waals surface area contributed by atoms with Crippen LogP contribution in [0.2, 0.25) is 0 Å². The van der Waals surface area contributed by atoms with Gasteiger partial charge in [-0.1, -0.05) is 18.2 Å². The summed E-state index contributed by atoms with van der Waals surface area (Å²) in [7, 11) is 0. The molecular formula is C16H16FNO2. The van der Waals surface area contributed by atoms with Gasteiger partial charge in [-0.15, -0.1) is 0 Å². The van der Waals surface area contributed by atoms with E-state index in [2.05, 4.69) is 0 Å². The van der Waals surface area contributed by atoms with Crippen LogP contribution >= 0.6 is 0 Å². The van der Waals surface area contributed by atoms with Gasteiger partial charge in [0.05, 0.1) is 19.1 Å². The third kappa shape index (κ3) is 2.29. The maximum absolute atomic E-state index is 13.8. The highest BCUT2D eigenvalue weighted by molar-refractivity contribution is 5.50. The van der Waals surface area contributed by atoms with Crippen molar-refractivity contribution in [2.75, 3.05) is 18.9 Å². The lowest BCUT2D eigenvalue weighted by Crippen LogP contribution is -2.12. The first-order valence-corrected chi connectivity index (χ1v) is 6.55. The summed E-state index contributed by atoms with van der Waals surface area (Å²) in [6, 6.07) is 10.8. The fourth-order valence-electron chi connectivity index (χ4n) is 2.34. The van der Waals surface area contributed by atoms with Gasteiger partial charge in [0.2, 0.25) is 0 Å². The molecule has 0 fully saturated rings. The summed E-state index contributed by atoms with van der Waals surface area (Å²) in [5, 5.41) is 0. The van der Waals surface area contributed by atoms with E-state index in [0.29, 0.717) is 18.9 Å². The lowest BCUT2D eigenvalue weighted by Gasteiger charge is -2.13. The van der Waals surface area contributed by atoms with E-state index < -0.39 is 5.82 Å². The zero-order valence-electron chi connectivity index (χ0n) is 11.2. The topological polar surface area (TPSA) is 44.5 Å². The van der Waals surface area contributed by atoms with Gasteiger partial charge in [-0.25, -0.2) is 4.39 Å². The number of benzene rings is 2. The monoisotopic (exact) mass is 273 g/mol. The Labute approximate surface area is 117 Å². The maximum atomic E-state index is 13.8. The highest BCUT2D eigenvalue weighted by Crippen LogP contribution is 2.34. The van der Waals surface area contributed by atoms with Gasteiger partial charge in [0.15, 0.2) is 11.6 Å². The van der Waals surface area contributed by atoms with Crippen molar-refractivity contribution >= 4 is 5.69 Å². The number of rotatable bonds is 3. The summed E-state index contributed by atoms with van der Waals surface area (Å²) >= 11 is 0. The first-order chi connectivity index (χ1) is 9.65. The molecular weight excluding hydrogens is 257 g/mol. The van der Waals surface area contributed by atoms with E-state index in [4.69, 9.17) is 15.2 Å². The fraction of sp³-hybridized carbons (Fsp3) is 0.250. The number of nitrogen functional groups attached to an aromatic ring is 1. The largest absolute Gasteiger partial charge is 0.493 e. The molecule has 1 aliphatic rings. The van der Waals surface area contributed by atoms with Crippen LogP contribution in [0.3, 0.4) is 0 Å². The maximum Gasteiger partial charge on any atom is 0.167 e. The van der Waals surface area contributed by atoms with Crippen LogP contribution in [0.1, 0.15) is 17.0 Å². The van der Waals surface area contributed by atoms with Crippen LogP contribution < -0.4 is 15.2 Å². The van der Waals surface area contributed by atoms with Crippen LogP contribution in [0.5, 0.6) is 11.5 Å². The van der Waals surface area contributed by atoms with E-state index in [9.17, 15) is 4.39 Å². The standard InChI is InChI=1S/C16H16FNO2/c1-10-6-16(13(17)7-14(10)18)20-9-11-8-19-15-5-3-2-4-12(11)15/h2-7,11H,8-9,18H2,1H3. The van der Waals surface area contributed by atoms with Gasteiger partial charge in [-0.2, -0.15) is 0 Å². The number of fused-ring (bicyclic) bond motifs is 1. The summed E-state index contributed by atoms with van der Waals surface area (Å²) in [5.74, 6) is 0.819. The smallest absolute Gasteiger partial charge is 0.167 e. The summed E-state index contributed by atoms with van der Waals surface area (Å²) in [6.45, 7) is 2.78. The Kier molecular flexibility index (Phi) is 3.22. The minimum Gasteiger partial charge on any atom is -0.493 e. The van der Waals surface area contributed by atoms with E-state index in [1.807, 2.05) is 31.2 Å². The molecule has 2 N–H and O–H groups in total. The van der Waals surface area contributed by atoms with Gasteiger partial charge < -0.3 is 15.2 Å². The van der Waals surface area contributed by atoms with Crippen LogP contribution in [0.25, 0.3) is 0 Å². The molecule has 0 spiro atoms. The molecule has 0 radical (unpaired) electrons. The number of hydrogen-bond acceptors (Lipinski definition) is 3. The highest BCUT2D eigenvalue weighted by Gasteiger charge is 2.24. The minimum atomic E-state index is -0.430. The molecule has 0 amide bonds. The molecule has 0 bridgehead atoms. The minimum absolute atomic E-state index is 0.128. The zero-order valence-corrected chi connectivity index (χ0v) is 11.2. The lowest BCUT2D eigenvalue weighted by atomic mass is 10.0. The van der Waals surface area contributed by atoms with Crippen molar-refractivity contribution in [1.82, 2.24) is 0 Å². The molecule has 3 nitrogen and oxygen atoms in total. The van der Waals surface area contributed by atoms with Crippen molar-refractivity contribution in [1.29, 1.82) is 0 Å². The number of ether oxygens (including phenoxy) is 2. The second kappa shape index (κ2) is 5.04. The summed E-state index contributed by atoms with van der Waals surface area (Å²) in [5.41, 5.74) is 8.01. The molecule has 0 saturated heterocycles. The molecule has 2 aromatic carbocycles. The van der Waals surface area contributed by atoms with Crippen LogP contribution in [-0.2, 0) is 0 Å². The lowest BCUT2D eigenvalue weighted by molar-refractivity contribution is 0.241. The molecule has 0 aliphatic carbocycles. The van der Waals surface area contributed by atoms with Gasteiger partial charge in [-0.3, -0.25) is 0 Å². The molecule has 104 valence electrons. The molecule has 2 aromatic rings. The molecule has 1 unspecified atom stereocenters. The summed E-state index contributed by atoms with van der Waals surface area (Å²) in [6.07, 6.45) is 0. The first kappa shape index (κ1) is 12.8. The highest BCUT2D eigenvalue weighted by atomic mass is 19.1. The van der Waals surface area contributed by atoms with Crippen molar-refractivity contribution in [3.8, 4) is 11.5 Å². The van der Waals surface area contributed by atoms with Crippen LogP contribution in [0, 0.1) is 12.7 Å². The van der Waals surface area contributed by atoms with E-state index in [1.165, 1.54) is 6.07 Å². The van der Waals surface area contributed by atoms with Gasteiger partial charge in [0, 0.05) is 17.3 Å². The van der Waals surface area contributed by atoms with Crippen molar-refractivity contribution < 1.29 is 13.9 Å². The number of aryl methyl sites for hydroxylation is 1. The number of para-hydroxylation sites is 1. The Bertz CT molecular complexity index is 642. The predicted molar refractivity (Wildman–Crippen MR) is 75.7 cm³/mol. The fourth-order valence-corrected chi connectivity index (χ4v) is 2.34. The molecule has 4 heteroatoms. The third-order valence-electron chi connectivity index (χ3n) is 3.56. The molecule has 0 saturated carbocycles. The van der Waals surface area contributed by atoms with Gasteiger partial charge in [0.1, 0.15) is 5.75 Å². The van der Waals surface area contributed by atoms with Crippen LogP contribution in [0.15, 0.2) is 36.4 Å². The van der Waals surface area contributed by atoms with Crippen LogP contribution in [0.4, 0.5) is 10.1 Å². The van der Waals surface area contributed by atoms with Gasteiger partial charge >= 0.3 is 0 Å². The van der Waals surface area contributed by atoms with Crippen LogP contribution in [-0.4, -0.2) is 13.2 Å². The Balaban J connectivity index is 1.74. The Morgan fingerprint density at radius 2 is 2.15 bits per heavy atom. The zero-order chi connectivity index (χ0) is 14.1. The van der Waals surface area contributed by atoms with E-state index in [-0.39, 0.29) is 11.7 Å². The molecule has 0 aromatic heterocycles. The third-order valence-corrected chi connectivity index (χ3v) is 3.56. The van der Waals surface area contributed by atoms with E-state index >= 15 is 0 Å². The quantitative estimate of drug-likeness (QED) is 0.873. The van der Waals surface area contributed by atoms with Gasteiger partial charge in [0.25, 0.3) is 0 Å². The van der Waals surface area contributed by atoms with E-state index in [0.717, 1.165) is 16.9 Å². The van der Waals surface area contributed by atoms with Crippen molar-refractivity contribution in [2.45, 2.75) is 12.8 Å². The molecule has 1 aliphatic heterocycles. The average molecular weight is 273 g/mol. The predicted octanol–water partition coefficient (Wildman–Crippen LogP) is 3.27. The Hall–Kier alpha value is -2.23. The van der Waals surface area contributed by atoms with Crippen molar-refractivity contribution in [3.63, 3.8) is 0 Å². The molecule has 20 heavy (non-hydrogen) atoms. The number of nitrogens with two attached hydrogens (primary N) is 1. The van der Waals surface area contributed by atoms with Crippen molar-refractivity contribution in [2.24, 2.45) is 0 Å². The number of halogens is 1. The first-order valence-electron chi connectivity index (χ1n) is 6.55. The van der Waals surface area contributed by atoms with Crippen molar-refractivity contribution in [3.05, 3.63) is 53.3 Å². The number of anilines is 1. The summed E-state index contributed by atoms with van der Waals surface area (Å²) < 4.78 is 24.9. The Morgan fingerprint density at radius 1 is 1.35 bits per heavy atom. The normalized spacial score (nSPS) is 16.6. The van der Waals surface area contributed by atoms with E-state index in [1.54, 1.807) is 6.07 Å². The molecule has 3 rings (SSSR count).